The third-order valence-corrected chi connectivity index (χ3v) is 2.76. The van der Waals surface area contributed by atoms with Gasteiger partial charge in [0.25, 0.3) is 5.91 Å². The molecule has 0 aromatic carbocycles. The number of ether oxygens (including phenoxy) is 1. The molecule has 0 saturated carbocycles. The van der Waals surface area contributed by atoms with E-state index in [2.05, 4.69) is 31.1 Å². The van der Waals surface area contributed by atoms with Gasteiger partial charge in [0.1, 0.15) is 0 Å². The summed E-state index contributed by atoms with van der Waals surface area (Å²) in [5.41, 5.74) is 0.265. The van der Waals surface area contributed by atoms with E-state index in [1.54, 1.807) is 18.3 Å². The fraction of sp³-hybridized carbons (Fsp3) is 0.625. The maximum atomic E-state index is 12.3. The van der Waals surface area contributed by atoms with E-state index < -0.39 is 0 Å². The molecule has 1 heterocycles. The fourth-order valence-electron chi connectivity index (χ4n) is 2.06. The van der Waals surface area contributed by atoms with E-state index >= 15 is 0 Å². The Bertz CT molecular complexity index is 467. The first-order valence-electron chi connectivity index (χ1n) is 7.26. The molecule has 1 aromatic rings. The van der Waals surface area contributed by atoms with Gasteiger partial charge in [-0.1, -0.05) is 20.8 Å². The lowest BCUT2D eigenvalue weighted by Crippen LogP contribution is -2.40. The van der Waals surface area contributed by atoms with Crippen molar-refractivity contribution in [3.8, 4) is 5.75 Å². The molecular weight excluding hydrogens is 268 g/mol. The van der Waals surface area contributed by atoms with Gasteiger partial charge in [0.15, 0.2) is 11.4 Å². The van der Waals surface area contributed by atoms with Gasteiger partial charge in [-0.25, -0.2) is 4.98 Å². The molecule has 1 rings (SSSR count). The zero-order chi connectivity index (χ0) is 16.0. The average Bonchev–Trinajstić information content (AvgIpc) is 2.36. The molecule has 0 aliphatic carbocycles. The average molecular weight is 294 g/mol. The van der Waals surface area contributed by atoms with Gasteiger partial charge in [-0.15, -0.1) is 0 Å². The van der Waals surface area contributed by atoms with Crippen molar-refractivity contribution >= 4 is 5.91 Å². The fourth-order valence-corrected chi connectivity index (χ4v) is 2.06. The Kier molecular flexibility index (Phi) is 6.15. The van der Waals surface area contributed by atoms with Crippen LogP contribution in [0.15, 0.2) is 18.3 Å². The van der Waals surface area contributed by atoms with Crippen molar-refractivity contribution in [2.75, 3.05) is 6.61 Å². The van der Waals surface area contributed by atoms with Crippen LogP contribution in [0.5, 0.6) is 5.75 Å². The molecule has 0 aliphatic heterocycles. The molecule has 5 heteroatoms. The molecule has 1 atom stereocenters. The molecular formula is C16H26N2O3. The first kappa shape index (κ1) is 17.4. The maximum absolute atomic E-state index is 12.3. The summed E-state index contributed by atoms with van der Waals surface area (Å²) in [6.07, 6.45) is 2.20. The molecule has 0 spiro atoms. The van der Waals surface area contributed by atoms with Gasteiger partial charge >= 0.3 is 0 Å². The van der Waals surface area contributed by atoms with Crippen LogP contribution >= 0.6 is 0 Å². The highest BCUT2D eigenvalue weighted by atomic mass is 16.5. The molecule has 0 radical (unpaired) electrons. The number of aromatic nitrogens is 1. The molecule has 0 bridgehead atoms. The van der Waals surface area contributed by atoms with Crippen LogP contribution in [-0.2, 0) is 0 Å². The Labute approximate surface area is 126 Å². The summed E-state index contributed by atoms with van der Waals surface area (Å²) in [6, 6.07) is 3.15. The summed E-state index contributed by atoms with van der Waals surface area (Å²) in [4.78, 5) is 16.4. The smallest absolute Gasteiger partial charge is 0.274 e. The third-order valence-electron chi connectivity index (χ3n) is 2.76. The number of aliphatic hydroxyl groups excluding tert-OH is 1. The Morgan fingerprint density at radius 2 is 2.10 bits per heavy atom. The van der Waals surface area contributed by atoms with Crippen LogP contribution in [0, 0.1) is 5.41 Å². The van der Waals surface area contributed by atoms with E-state index in [9.17, 15) is 9.90 Å². The molecule has 0 fully saturated rings. The Balaban J connectivity index is 2.83. The number of hydrogen-bond acceptors (Lipinski definition) is 4. The Morgan fingerprint density at radius 3 is 2.62 bits per heavy atom. The number of carbonyl (C=O) groups is 1. The highest BCUT2D eigenvalue weighted by Crippen LogP contribution is 2.22. The minimum atomic E-state index is -0.324. The predicted molar refractivity (Wildman–Crippen MR) is 82.4 cm³/mol. The zero-order valence-electron chi connectivity index (χ0n) is 13.5. The number of carbonyl (C=O) groups excluding carboxylic acids is 1. The second-order valence-corrected chi connectivity index (χ2v) is 6.63. The molecule has 0 aliphatic rings. The van der Waals surface area contributed by atoms with Crippen molar-refractivity contribution in [2.24, 2.45) is 5.41 Å². The minimum Gasteiger partial charge on any atom is -0.489 e. The number of pyridine rings is 1. The topological polar surface area (TPSA) is 71.5 Å². The number of amides is 1. The SMILES string of the molecule is CC(C)Oc1cccnc1C(=O)NC(CO)CC(C)(C)C. The molecule has 2 N–H and O–H groups in total. The van der Waals surface area contributed by atoms with Gasteiger partial charge in [0.2, 0.25) is 0 Å². The van der Waals surface area contributed by atoms with Crippen molar-refractivity contribution in [2.45, 2.75) is 53.2 Å². The molecule has 1 aromatic heterocycles. The third kappa shape index (κ3) is 6.12. The maximum Gasteiger partial charge on any atom is 0.274 e. The number of nitrogens with one attached hydrogen (secondary N) is 1. The van der Waals surface area contributed by atoms with E-state index in [-0.39, 0.29) is 35.8 Å². The van der Waals surface area contributed by atoms with E-state index in [0.717, 1.165) is 0 Å². The second kappa shape index (κ2) is 7.41. The van der Waals surface area contributed by atoms with E-state index in [0.29, 0.717) is 12.2 Å². The van der Waals surface area contributed by atoms with Crippen LogP contribution in [-0.4, -0.2) is 34.8 Å². The van der Waals surface area contributed by atoms with Crippen molar-refractivity contribution in [1.82, 2.24) is 10.3 Å². The van der Waals surface area contributed by atoms with Crippen LogP contribution in [0.2, 0.25) is 0 Å². The summed E-state index contributed by atoms with van der Waals surface area (Å²) >= 11 is 0. The highest BCUT2D eigenvalue weighted by Gasteiger charge is 2.22. The van der Waals surface area contributed by atoms with E-state index in [4.69, 9.17) is 4.74 Å². The number of aliphatic hydroxyl groups is 1. The van der Waals surface area contributed by atoms with Gasteiger partial charge in [-0.3, -0.25) is 4.79 Å². The van der Waals surface area contributed by atoms with Crippen LogP contribution in [0.3, 0.4) is 0 Å². The van der Waals surface area contributed by atoms with E-state index in [1.165, 1.54) is 0 Å². The van der Waals surface area contributed by atoms with E-state index in [1.807, 2.05) is 13.8 Å². The van der Waals surface area contributed by atoms with Gasteiger partial charge in [0, 0.05) is 6.20 Å². The molecule has 5 nitrogen and oxygen atoms in total. The zero-order valence-corrected chi connectivity index (χ0v) is 13.5. The number of rotatable bonds is 6. The summed E-state index contributed by atoms with van der Waals surface area (Å²) in [6.45, 7) is 9.88. The van der Waals surface area contributed by atoms with Crippen LogP contribution < -0.4 is 10.1 Å². The Morgan fingerprint density at radius 1 is 1.43 bits per heavy atom. The molecule has 1 amide bonds. The number of nitrogens with zero attached hydrogens (tertiary/aromatic N) is 1. The minimum absolute atomic E-state index is 0.0159. The van der Waals surface area contributed by atoms with Crippen molar-refractivity contribution in [3.63, 3.8) is 0 Å². The number of hydrogen-bond donors (Lipinski definition) is 2. The van der Waals surface area contributed by atoms with Gasteiger partial charge in [0.05, 0.1) is 18.8 Å². The first-order chi connectivity index (χ1) is 9.73. The summed E-state index contributed by atoms with van der Waals surface area (Å²) in [5.74, 6) is 0.131. The van der Waals surface area contributed by atoms with Gasteiger partial charge < -0.3 is 15.2 Å². The van der Waals surface area contributed by atoms with Crippen molar-refractivity contribution in [1.29, 1.82) is 0 Å². The monoisotopic (exact) mass is 294 g/mol. The second-order valence-electron chi connectivity index (χ2n) is 6.63. The quantitative estimate of drug-likeness (QED) is 0.845. The summed E-state index contributed by atoms with van der Waals surface area (Å²) in [7, 11) is 0. The highest BCUT2D eigenvalue weighted by molar-refractivity contribution is 5.95. The lowest BCUT2D eigenvalue weighted by molar-refractivity contribution is 0.0886. The largest absolute Gasteiger partial charge is 0.489 e. The Hall–Kier alpha value is -1.62. The summed E-state index contributed by atoms with van der Waals surface area (Å²) < 4.78 is 5.60. The molecule has 21 heavy (non-hydrogen) atoms. The van der Waals surface area contributed by atoms with Gasteiger partial charge in [-0.05, 0) is 37.8 Å². The van der Waals surface area contributed by atoms with Crippen LogP contribution in [0.1, 0.15) is 51.5 Å². The van der Waals surface area contributed by atoms with Crippen LogP contribution in [0.4, 0.5) is 0 Å². The predicted octanol–water partition coefficient (Wildman–Crippen LogP) is 2.40. The lowest BCUT2D eigenvalue weighted by atomic mass is 9.88. The normalized spacial score (nSPS) is 13.1. The van der Waals surface area contributed by atoms with Crippen molar-refractivity contribution < 1.29 is 14.6 Å². The lowest BCUT2D eigenvalue weighted by Gasteiger charge is -2.25. The molecule has 0 saturated heterocycles. The standard InChI is InChI=1S/C16H26N2O3/c1-11(2)21-13-7-6-8-17-14(13)15(20)18-12(10-19)9-16(3,4)5/h6-8,11-12,19H,9-10H2,1-5H3,(H,18,20). The van der Waals surface area contributed by atoms with Gasteiger partial charge in [-0.2, -0.15) is 0 Å². The molecule has 1 unspecified atom stereocenters. The first-order valence-corrected chi connectivity index (χ1v) is 7.26. The summed E-state index contributed by atoms with van der Waals surface area (Å²) in [5, 5.41) is 12.3. The van der Waals surface area contributed by atoms with Crippen LogP contribution in [0.25, 0.3) is 0 Å². The van der Waals surface area contributed by atoms with Crippen molar-refractivity contribution in [3.05, 3.63) is 24.0 Å². The molecule has 118 valence electrons.